The summed E-state index contributed by atoms with van der Waals surface area (Å²) >= 11 is 0. The van der Waals surface area contributed by atoms with Crippen LogP contribution in [0, 0.1) is 23.9 Å². The Labute approximate surface area is 94.6 Å². The van der Waals surface area contributed by atoms with Crippen molar-refractivity contribution in [3.8, 4) is 23.9 Å². The molecule has 0 heterocycles. The van der Waals surface area contributed by atoms with Crippen LogP contribution in [0.15, 0.2) is 0 Å². The average molecular weight is 224 g/mol. The lowest BCUT2D eigenvalue weighted by Gasteiger charge is -2.19. The van der Waals surface area contributed by atoms with Crippen LogP contribution in [0.3, 0.4) is 0 Å². The highest BCUT2D eigenvalue weighted by Crippen LogP contribution is 2.07. The van der Waals surface area contributed by atoms with Gasteiger partial charge in [-0.05, 0) is 12.8 Å². The second-order valence-electron chi connectivity index (χ2n) is 3.31. The van der Waals surface area contributed by atoms with Gasteiger partial charge in [-0.15, -0.1) is 12.8 Å². The Morgan fingerprint density at radius 1 is 0.933 bits per heavy atom. The molecule has 0 rings (SSSR count). The Morgan fingerprint density at radius 3 is 1.60 bits per heavy atom. The second-order valence-corrected chi connectivity index (χ2v) is 5.70. The number of terminal acetylenes is 2. The first-order valence-corrected chi connectivity index (χ1v) is 7.29. The van der Waals surface area contributed by atoms with E-state index in [0.29, 0.717) is 13.2 Å². The quantitative estimate of drug-likeness (QED) is 0.358. The first kappa shape index (κ1) is 14.3. The van der Waals surface area contributed by atoms with E-state index in [2.05, 4.69) is 24.9 Å². The minimum absolute atomic E-state index is 0.600. The van der Waals surface area contributed by atoms with Crippen molar-refractivity contribution in [1.29, 1.82) is 0 Å². The fraction of sp³-hybridized carbons (Fsp3) is 0.667. The third-order valence-corrected chi connectivity index (χ3v) is 3.97. The Balaban J connectivity index is 4.09. The molecule has 0 amide bonds. The molecule has 0 aliphatic carbocycles. The lowest BCUT2D eigenvalue weighted by Crippen LogP contribution is -2.40. The summed E-state index contributed by atoms with van der Waals surface area (Å²) in [6.45, 7) is 5.39. The van der Waals surface area contributed by atoms with Crippen LogP contribution in [0.25, 0.3) is 0 Å². The maximum Gasteiger partial charge on any atom is 0.510 e. The van der Waals surface area contributed by atoms with Gasteiger partial charge in [0.1, 0.15) is 0 Å². The fourth-order valence-electron chi connectivity index (χ4n) is 0.970. The van der Waals surface area contributed by atoms with Crippen LogP contribution in [0.2, 0.25) is 0 Å². The molecule has 0 aromatic carbocycles. The van der Waals surface area contributed by atoms with Crippen molar-refractivity contribution >= 4 is 8.56 Å². The van der Waals surface area contributed by atoms with Gasteiger partial charge in [0.05, 0.1) is 0 Å². The molecule has 0 bridgehead atoms. The molecule has 0 saturated heterocycles. The zero-order chi connectivity index (χ0) is 11.6. The van der Waals surface area contributed by atoms with Crippen molar-refractivity contribution in [2.75, 3.05) is 13.2 Å². The molecule has 0 unspecified atom stereocenters. The lowest BCUT2D eigenvalue weighted by molar-refractivity contribution is 0.188. The molecule has 0 atom stereocenters. The highest BCUT2D eigenvalue weighted by molar-refractivity contribution is 6.83. The zero-order valence-electron chi connectivity index (χ0n) is 9.71. The third-order valence-electron chi connectivity index (χ3n) is 1.99. The Bertz CT molecular complexity index is 211. The summed E-state index contributed by atoms with van der Waals surface area (Å²) in [5.41, 5.74) is 5.08. The maximum atomic E-state index is 5.56. The van der Waals surface area contributed by atoms with Gasteiger partial charge in [-0.2, -0.15) is 0 Å². The molecule has 2 nitrogen and oxygen atoms in total. The van der Waals surface area contributed by atoms with Gasteiger partial charge in [0.2, 0.25) is 0 Å². The Kier molecular flexibility index (Phi) is 8.13. The lowest BCUT2D eigenvalue weighted by atomic mass is 10.4. The van der Waals surface area contributed by atoms with Gasteiger partial charge in [-0.25, -0.2) is 0 Å². The van der Waals surface area contributed by atoms with Crippen molar-refractivity contribution in [2.24, 2.45) is 0 Å². The van der Waals surface area contributed by atoms with E-state index in [-0.39, 0.29) is 0 Å². The summed E-state index contributed by atoms with van der Waals surface area (Å²) in [6.07, 6.45) is 14.9. The summed E-state index contributed by atoms with van der Waals surface area (Å²) in [4.78, 5) is 0. The summed E-state index contributed by atoms with van der Waals surface area (Å²) in [7, 11) is -2.76. The highest BCUT2D eigenvalue weighted by Gasteiger charge is 2.34. The van der Waals surface area contributed by atoms with Gasteiger partial charge in [-0.1, -0.05) is 37.8 Å². The first-order chi connectivity index (χ1) is 7.24. The monoisotopic (exact) mass is 224 g/mol. The molecule has 0 N–H and O–H groups in total. The largest absolute Gasteiger partial charge is 0.510 e. The van der Waals surface area contributed by atoms with Gasteiger partial charge in [0.25, 0.3) is 0 Å². The van der Waals surface area contributed by atoms with Crippen molar-refractivity contribution in [3.63, 3.8) is 0 Å². The molecule has 0 radical (unpaired) electrons. The Morgan fingerprint density at radius 2 is 1.33 bits per heavy atom. The van der Waals surface area contributed by atoms with E-state index >= 15 is 0 Å². The van der Waals surface area contributed by atoms with Crippen LogP contribution in [-0.2, 0) is 8.85 Å². The van der Waals surface area contributed by atoms with Crippen LogP contribution >= 0.6 is 0 Å². The summed E-state index contributed by atoms with van der Waals surface area (Å²) in [5.74, 6) is 0. The summed E-state index contributed by atoms with van der Waals surface area (Å²) in [5, 5.41) is 0. The van der Waals surface area contributed by atoms with Crippen LogP contribution in [-0.4, -0.2) is 21.8 Å². The standard InChI is InChI=1S/C12H20O2Si/c1-5-9-11-13-15(7-3,8-4)14-12-10-6-2/h3-4H,5-6,9-12H2,1-2H3. The minimum Gasteiger partial charge on any atom is -0.376 e. The smallest absolute Gasteiger partial charge is 0.376 e. The first-order valence-electron chi connectivity index (χ1n) is 5.48. The second kappa shape index (κ2) is 8.56. The average Bonchev–Trinajstić information content (AvgIpc) is 2.28. The fourth-order valence-corrected chi connectivity index (χ4v) is 2.33. The van der Waals surface area contributed by atoms with E-state index in [0.717, 1.165) is 25.7 Å². The normalized spacial score (nSPS) is 10.7. The molecule has 0 aromatic rings. The predicted molar refractivity (Wildman–Crippen MR) is 65.1 cm³/mol. The van der Waals surface area contributed by atoms with Crippen LogP contribution in [0.1, 0.15) is 39.5 Å². The van der Waals surface area contributed by atoms with Crippen molar-refractivity contribution in [2.45, 2.75) is 39.5 Å². The van der Waals surface area contributed by atoms with Gasteiger partial charge in [-0.3, -0.25) is 0 Å². The van der Waals surface area contributed by atoms with Crippen LogP contribution in [0.5, 0.6) is 0 Å². The topological polar surface area (TPSA) is 18.5 Å². The molecule has 0 saturated carbocycles. The number of hydrogen-bond acceptors (Lipinski definition) is 2. The molecular formula is C12H20O2Si. The SMILES string of the molecule is C#C[Si](C#C)(OCCCC)OCCCC. The molecule has 0 aromatic heterocycles. The van der Waals surface area contributed by atoms with Crippen LogP contribution < -0.4 is 0 Å². The number of unbranched alkanes of at least 4 members (excludes halogenated alkanes) is 2. The van der Waals surface area contributed by atoms with E-state index < -0.39 is 8.56 Å². The molecule has 0 aliphatic heterocycles. The van der Waals surface area contributed by atoms with E-state index in [1.54, 1.807) is 0 Å². The molecule has 3 heteroatoms. The van der Waals surface area contributed by atoms with Crippen molar-refractivity contribution < 1.29 is 8.85 Å². The maximum absolute atomic E-state index is 5.56. The van der Waals surface area contributed by atoms with Gasteiger partial charge in [0.15, 0.2) is 0 Å². The van der Waals surface area contributed by atoms with Crippen LogP contribution in [0.4, 0.5) is 0 Å². The molecular weight excluding hydrogens is 204 g/mol. The van der Waals surface area contributed by atoms with Crippen molar-refractivity contribution in [1.82, 2.24) is 0 Å². The van der Waals surface area contributed by atoms with E-state index in [1.165, 1.54) is 0 Å². The van der Waals surface area contributed by atoms with E-state index in [4.69, 9.17) is 21.7 Å². The highest BCUT2D eigenvalue weighted by atomic mass is 28.4. The van der Waals surface area contributed by atoms with Gasteiger partial charge >= 0.3 is 8.56 Å². The van der Waals surface area contributed by atoms with E-state index in [1.807, 2.05) is 0 Å². The number of rotatable bonds is 8. The molecule has 0 aliphatic rings. The molecule has 15 heavy (non-hydrogen) atoms. The Hall–Kier alpha value is -0.743. The van der Waals surface area contributed by atoms with Gasteiger partial charge < -0.3 is 8.85 Å². The van der Waals surface area contributed by atoms with Crippen molar-refractivity contribution in [3.05, 3.63) is 0 Å². The number of hydrogen-bond donors (Lipinski definition) is 0. The summed E-state index contributed by atoms with van der Waals surface area (Å²) < 4.78 is 11.1. The third kappa shape index (κ3) is 5.64. The summed E-state index contributed by atoms with van der Waals surface area (Å²) in [6, 6.07) is 0. The predicted octanol–water partition coefficient (Wildman–Crippen LogP) is 2.41. The minimum atomic E-state index is -2.76. The molecule has 84 valence electrons. The zero-order valence-corrected chi connectivity index (χ0v) is 10.7. The van der Waals surface area contributed by atoms with Gasteiger partial charge in [0, 0.05) is 13.2 Å². The van der Waals surface area contributed by atoms with E-state index in [9.17, 15) is 0 Å². The molecule has 0 fully saturated rings. The molecule has 0 spiro atoms.